The lowest BCUT2D eigenvalue weighted by Gasteiger charge is -2.32. The smallest absolute Gasteiger partial charge is 0.354 e. The van der Waals surface area contributed by atoms with E-state index in [2.05, 4.69) is 40.2 Å². The monoisotopic (exact) mass is 754 g/mol. The second-order valence-electron chi connectivity index (χ2n) is 13.7. The molecule has 3 aromatic carbocycles. The highest BCUT2D eigenvalue weighted by Crippen LogP contribution is 2.24. The highest BCUT2D eigenvalue weighted by molar-refractivity contribution is 5.96. The zero-order chi connectivity index (χ0) is 38.9. The fourth-order valence-corrected chi connectivity index (χ4v) is 6.93. The van der Waals surface area contributed by atoms with Crippen LogP contribution in [0.4, 0.5) is 0 Å². The number of nitrogens with zero attached hydrogens (tertiary/aromatic N) is 6. The number of hydrogen-bond donors (Lipinski definition) is 5. The van der Waals surface area contributed by atoms with E-state index in [1.54, 1.807) is 30.5 Å². The van der Waals surface area contributed by atoms with Gasteiger partial charge in [-0.1, -0.05) is 48.5 Å². The number of rotatable bonds is 9. The lowest BCUT2D eigenvalue weighted by Crippen LogP contribution is -2.46. The van der Waals surface area contributed by atoms with Gasteiger partial charge in [-0.25, -0.2) is 29.7 Å². The number of fused-ring (bicyclic) bond motifs is 2. The molecule has 1 saturated heterocycles. The van der Waals surface area contributed by atoms with Crippen molar-refractivity contribution >= 4 is 52.0 Å². The Bertz CT molecular complexity index is 2810. The lowest BCUT2D eigenvalue weighted by atomic mass is 10.0. The van der Waals surface area contributed by atoms with E-state index >= 15 is 0 Å². The molecule has 57 heavy (non-hydrogen) atoms. The van der Waals surface area contributed by atoms with Gasteiger partial charge >= 0.3 is 5.97 Å². The average Bonchev–Trinajstić information content (AvgIpc) is 4.02. The fourth-order valence-electron chi connectivity index (χ4n) is 6.93. The number of aromatic nitrogens is 8. The number of likely N-dealkylation sites (tertiary alicyclic amines) is 1. The van der Waals surface area contributed by atoms with Gasteiger partial charge in [-0.3, -0.25) is 9.59 Å². The Balaban J connectivity index is 0.808. The maximum atomic E-state index is 13.6. The van der Waals surface area contributed by atoms with Crippen LogP contribution in [-0.2, 0) is 0 Å². The maximum absolute atomic E-state index is 13.6. The molecule has 6 heterocycles. The van der Waals surface area contributed by atoms with Crippen LogP contribution >= 0.6 is 0 Å². The number of carbonyl (C=O) groups is 3. The van der Waals surface area contributed by atoms with Gasteiger partial charge in [0.15, 0.2) is 11.6 Å². The van der Waals surface area contributed by atoms with E-state index in [4.69, 9.17) is 4.98 Å². The van der Waals surface area contributed by atoms with Gasteiger partial charge in [0.05, 0.1) is 27.8 Å². The molecular formula is C43H34N10O4. The van der Waals surface area contributed by atoms with E-state index < -0.39 is 5.97 Å². The molecule has 5 aromatic heterocycles. The van der Waals surface area contributed by atoms with Gasteiger partial charge in [0, 0.05) is 36.5 Å². The lowest BCUT2D eigenvalue weighted by molar-refractivity contribution is 0.0682. The summed E-state index contributed by atoms with van der Waals surface area (Å²) in [5.41, 5.74) is 7.51. The molecule has 1 aliphatic heterocycles. The van der Waals surface area contributed by atoms with Crippen LogP contribution in [0.5, 0.6) is 0 Å². The van der Waals surface area contributed by atoms with E-state index in [0.717, 1.165) is 27.7 Å². The van der Waals surface area contributed by atoms with E-state index in [0.29, 0.717) is 77.3 Å². The van der Waals surface area contributed by atoms with Crippen molar-refractivity contribution in [3.63, 3.8) is 0 Å². The summed E-state index contributed by atoms with van der Waals surface area (Å²) in [5.74, 6) is 0.295. The fraction of sp³-hybridized carbons (Fsp3) is 0.116. The number of benzene rings is 3. The van der Waals surface area contributed by atoms with Crippen molar-refractivity contribution < 1.29 is 19.5 Å². The molecule has 14 heteroatoms. The molecule has 0 spiro atoms. The van der Waals surface area contributed by atoms with Crippen molar-refractivity contribution in [1.29, 1.82) is 0 Å². The maximum Gasteiger partial charge on any atom is 0.354 e. The largest absolute Gasteiger partial charge is 0.477 e. The Kier molecular flexibility index (Phi) is 9.10. The average molecular weight is 755 g/mol. The predicted octanol–water partition coefficient (Wildman–Crippen LogP) is 6.86. The summed E-state index contributed by atoms with van der Waals surface area (Å²) in [6.07, 6.45) is 6.84. The van der Waals surface area contributed by atoms with Crippen molar-refractivity contribution in [2.24, 2.45) is 0 Å². The van der Waals surface area contributed by atoms with E-state index in [-0.39, 0.29) is 23.6 Å². The van der Waals surface area contributed by atoms with E-state index in [9.17, 15) is 19.5 Å². The third-order valence-electron chi connectivity index (χ3n) is 9.89. The Labute approximate surface area is 324 Å². The van der Waals surface area contributed by atoms with Crippen LogP contribution in [0.3, 0.4) is 0 Å². The second-order valence-corrected chi connectivity index (χ2v) is 13.7. The van der Waals surface area contributed by atoms with Gasteiger partial charge in [-0.2, -0.15) is 0 Å². The Morgan fingerprint density at radius 2 is 1.39 bits per heavy atom. The quantitative estimate of drug-likeness (QED) is 0.105. The number of piperidine rings is 1. The molecule has 0 atom stereocenters. The number of imidazole rings is 3. The molecule has 8 aromatic rings. The number of aromatic carboxylic acids is 1. The molecule has 9 rings (SSSR count). The van der Waals surface area contributed by atoms with Crippen molar-refractivity contribution in [2.45, 2.75) is 18.9 Å². The summed E-state index contributed by atoms with van der Waals surface area (Å²) < 4.78 is 0. The van der Waals surface area contributed by atoms with Crippen molar-refractivity contribution in [2.75, 3.05) is 13.1 Å². The number of hydrogen-bond acceptors (Lipinski definition) is 8. The first kappa shape index (κ1) is 35.0. The highest BCUT2D eigenvalue weighted by Gasteiger charge is 2.26. The molecule has 0 unspecified atom stereocenters. The Morgan fingerprint density at radius 3 is 2.16 bits per heavy atom. The van der Waals surface area contributed by atoms with Crippen LogP contribution < -0.4 is 5.32 Å². The number of aromatic amines is 3. The topological polar surface area (TPSA) is 199 Å². The third-order valence-corrected chi connectivity index (χ3v) is 9.89. The SMILES string of the molecule is O=C(O)c1cccc(-c2nc3cc(/C=C/c4nc(-c5cccc(C(=O)N6CCC(NC(=O)c7cccc(-c8nc9ccccc9[nH]8)n7)CC6)c5)c[nH]4)ccc3[nH]2)n1. The predicted molar refractivity (Wildman–Crippen MR) is 215 cm³/mol. The first-order valence-corrected chi connectivity index (χ1v) is 18.4. The molecule has 2 amide bonds. The van der Waals surface area contributed by atoms with E-state index in [1.165, 1.54) is 6.07 Å². The van der Waals surface area contributed by atoms with Gasteiger partial charge in [0.25, 0.3) is 11.8 Å². The number of pyridine rings is 2. The van der Waals surface area contributed by atoms with Crippen molar-refractivity contribution in [3.05, 3.63) is 138 Å². The summed E-state index contributed by atoms with van der Waals surface area (Å²) in [5, 5.41) is 12.4. The molecule has 0 bridgehead atoms. The first-order valence-electron chi connectivity index (χ1n) is 18.4. The molecule has 0 radical (unpaired) electrons. The molecule has 0 aliphatic carbocycles. The standard InChI is InChI=1S/C43H34N10O4/c54-41(34-12-4-10-32(46-34)39-49-29-8-1-2-9-30(29)50-39)45-28-18-20-53(21-19-28)42(55)27-7-3-6-26(23-27)37-24-44-38(48-37)17-15-25-14-16-31-36(22-25)52-40(51-31)33-11-5-13-35(47-33)43(56)57/h1-17,22-24,28H,18-21H2,(H,44,48)(H,45,54)(H,49,50)(H,51,52)(H,56,57)/b17-15+. The molecule has 14 nitrogen and oxygen atoms in total. The van der Waals surface area contributed by atoms with Crippen LogP contribution in [0.15, 0.2) is 109 Å². The van der Waals surface area contributed by atoms with E-state index in [1.807, 2.05) is 89.8 Å². The normalized spacial score (nSPS) is 13.4. The summed E-state index contributed by atoms with van der Waals surface area (Å²) in [7, 11) is 0. The summed E-state index contributed by atoms with van der Waals surface area (Å²) in [6.45, 7) is 1.02. The number of carboxylic acids is 1. The number of para-hydroxylation sites is 2. The van der Waals surface area contributed by atoms with Crippen LogP contribution in [0.1, 0.15) is 55.6 Å². The zero-order valence-corrected chi connectivity index (χ0v) is 30.3. The first-order chi connectivity index (χ1) is 27.8. The summed E-state index contributed by atoms with van der Waals surface area (Å²) >= 11 is 0. The number of nitrogens with one attached hydrogen (secondary N) is 4. The molecule has 280 valence electrons. The van der Waals surface area contributed by atoms with Gasteiger partial charge in [0.1, 0.15) is 28.6 Å². The number of amides is 2. The highest BCUT2D eigenvalue weighted by atomic mass is 16.4. The van der Waals surface area contributed by atoms with Crippen LogP contribution in [0.25, 0.3) is 68.5 Å². The number of carbonyl (C=O) groups excluding carboxylic acids is 2. The van der Waals surface area contributed by atoms with Crippen molar-refractivity contribution in [1.82, 2.24) is 50.1 Å². The minimum Gasteiger partial charge on any atom is -0.477 e. The third kappa shape index (κ3) is 7.38. The Hall–Kier alpha value is -7.74. The van der Waals surface area contributed by atoms with Gasteiger partial charge in [0.2, 0.25) is 0 Å². The molecule has 1 fully saturated rings. The summed E-state index contributed by atoms with van der Waals surface area (Å²) in [4.78, 5) is 72.3. The summed E-state index contributed by atoms with van der Waals surface area (Å²) in [6, 6.07) is 30.9. The molecular weight excluding hydrogens is 721 g/mol. The molecule has 5 N–H and O–H groups in total. The van der Waals surface area contributed by atoms with Crippen LogP contribution in [-0.4, -0.2) is 86.8 Å². The van der Waals surface area contributed by atoms with Gasteiger partial charge in [-0.15, -0.1) is 0 Å². The minimum absolute atomic E-state index is 0.0511. The van der Waals surface area contributed by atoms with Crippen molar-refractivity contribution in [3.8, 4) is 34.3 Å². The number of carboxylic acid groups (broad SMARTS) is 1. The van der Waals surface area contributed by atoms with Gasteiger partial charge in [-0.05, 0) is 85.1 Å². The zero-order valence-electron chi connectivity index (χ0n) is 30.3. The molecule has 0 saturated carbocycles. The van der Waals surface area contributed by atoms with Gasteiger partial charge < -0.3 is 30.3 Å². The van der Waals surface area contributed by atoms with Crippen LogP contribution in [0.2, 0.25) is 0 Å². The van der Waals surface area contributed by atoms with Crippen LogP contribution in [0, 0.1) is 0 Å². The number of H-pyrrole nitrogens is 3. The molecule has 1 aliphatic rings. The second kappa shape index (κ2) is 14.8. The minimum atomic E-state index is -1.10. The Morgan fingerprint density at radius 1 is 0.684 bits per heavy atom.